The van der Waals surface area contributed by atoms with Crippen LogP contribution >= 0.6 is 0 Å². The molecule has 0 fully saturated rings. The number of carbonyl (C=O) groups excluding carboxylic acids is 1. The van der Waals surface area contributed by atoms with E-state index in [0.717, 1.165) is 6.26 Å². The largest absolute Gasteiger partial charge is 0.291 e. The summed E-state index contributed by atoms with van der Waals surface area (Å²) >= 11 is 0. The lowest BCUT2D eigenvalue weighted by atomic mass is 10.1. The Morgan fingerprint density at radius 1 is 1.33 bits per heavy atom. The summed E-state index contributed by atoms with van der Waals surface area (Å²) in [5.41, 5.74) is 0.0629. The van der Waals surface area contributed by atoms with Gasteiger partial charge >= 0.3 is 0 Å². The van der Waals surface area contributed by atoms with Crippen molar-refractivity contribution in [1.82, 2.24) is 9.97 Å². The lowest BCUT2D eigenvalue weighted by molar-refractivity contribution is 0.0948. The predicted molar refractivity (Wildman–Crippen MR) is 55.3 cm³/mol. The van der Waals surface area contributed by atoms with Crippen LogP contribution in [-0.2, 0) is 9.84 Å². The van der Waals surface area contributed by atoms with Crippen LogP contribution in [0.1, 0.15) is 24.3 Å². The summed E-state index contributed by atoms with van der Waals surface area (Å²) in [6.07, 6.45) is 5.06. The first-order valence-electron chi connectivity index (χ1n) is 4.27. The van der Waals surface area contributed by atoms with E-state index < -0.39 is 20.4 Å². The first-order chi connectivity index (χ1) is 6.77. The summed E-state index contributed by atoms with van der Waals surface area (Å²) in [6.45, 7) is 2.72. The molecule has 0 aliphatic heterocycles. The first-order valence-corrected chi connectivity index (χ1v) is 6.16. The molecular weight excluding hydrogens is 216 g/mol. The molecular formula is C9H12N2O3S. The van der Waals surface area contributed by atoms with Crippen LogP contribution in [-0.4, -0.2) is 35.2 Å². The Morgan fingerprint density at radius 2 is 1.93 bits per heavy atom. The van der Waals surface area contributed by atoms with Crippen LogP contribution in [0.2, 0.25) is 0 Å². The van der Waals surface area contributed by atoms with E-state index in [4.69, 9.17) is 0 Å². The number of carbonyl (C=O) groups is 1. The molecule has 0 aromatic carbocycles. The monoisotopic (exact) mass is 228 g/mol. The number of sulfone groups is 1. The fourth-order valence-electron chi connectivity index (χ4n) is 0.893. The van der Waals surface area contributed by atoms with Crippen LogP contribution in [0.3, 0.4) is 0 Å². The smallest absolute Gasteiger partial charge is 0.203 e. The quantitative estimate of drug-likeness (QED) is 0.703. The maximum atomic E-state index is 11.8. The van der Waals surface area contributed by atoms with Crippen molar-refractivity contribution in [3.63, 3.8) is 0 Å². The fourth-order valence-corrected chi connectivity index (χ4v) is 1.33. The van der Waals surface area contributed by atoms with Gasteiger partial charge in [0.15, 0.2) is 9.84 Å². The normalized spacial score (nSPS) is 12.5. The molecule has 0 saturated heterocycles. The molecule has 0 atom stereocenters. The average molecular weight is 228 g/mol. The Kier molecular flexibility index (Phi) is 2.90. The first kappa shape index (κ1) is 11.8. The van der Waals surface area contributed by atoms with Crippen molar-refractivity contribution in [3.05, 3.63) is 24.3 Å². The highest BCUT2D eigenvalue weighted by molar-refractivity contribution is 7.92. The van der Waals surface area contributed by atoms with Crippen molar-refractivity contribution in [2.45, 2.75) is 18.6 Å². The number of aromatic nitrogens is 2. The number of hydrogen-bond donors (Lipinski definition) is 0. The van der Waals surface area contributed by atoms with Crippen LogP contribution in [0.25, 0.3) is 0 Å². The molecule has 0 unspecified atom stereocenters. The van der Waals surface area contributed by atoms with Gasteiger partial charge in [0.1, 0.15) is 10.4 Å². The summed E-state index contributed by atoms with van der Waals surface area (Å²) in [5.74, 6) is -0.543. The van der Waals surface area contributed by atoms with Gasteiger partial charge in [0.25, 0.3) is 0 Å². The molecule has 0 aliphatic rings. The van der Waals surface area contributed by atoms with Crippen molar-refractivity contribution in [1.29, 1.82) is 0 Å². The summed E-state index contributed by atoms with van der Waals surface area (Å²) in [4.78, 5) is 19.3. The van der Waals surface area contributed by atoms with Crippen LogP contribution in [0, 0.1) is 0 Å². The molecule has 0 aliphatic carbocycles. The number of Topliss-reactive ketones (excluding diaryl/α,β-unsaturated/α-hetero) is 1. The second kappa shape index (κ2) is 3.69. The number of nitrogens with zero attached hydrogens (tertiary/aromatic N) is 2. The number of rotatable bonds is 3. The summed E-state index contributed by atoms with van der Waals surface area (Å²) in [5, 5.41) is 0. The second-order valence-corrected chi connectivity index (χ2v) is 6.27. The van der Waals surface area contributed by atoms with Gasteiger partial charge in [-0.05, 0) is 13.8 Å². The third-order valence-corrected chi connectivity index (χ3v) is 4.31. The standard InChI is InChI=1S/C9H12N2O3S/c1-9(2,15(3,13)14)8(12)7-6-10-4-5-11-7/h4-6H,1-3H3. The van der Waals surface area contributed by atoms with Gasteiger partial charge in [0.2, 0.25) is 5.78 Å². The molecule has 1 aromatic heterocycles. The van der Waals surface area contributed by atoms with Gasteiger partial charge < -0.3 is 0 Å². The molecule has 0 N–H and O–H groups in total. The molecule has 0 radical (unpaired) electrons. The SMILES string of the molecule is CC(C)(C(=O)c1cnccn1)S(C)(=O)=O. The predicted octanol–water partition coefficient (Wildman–Crippen LogP) is 0.483. The van der Waals surface area contributed by atoms with E-state index in [-0.39, 0.29) is 5.69 Å². The van der Waals surface area contributed by atoms with Crippen LogP contribution in [0.5, 0.6) is 0 Å². The van der Waals surface area contributed by atoms with Crippen molar-refractivity contribution in [2.24, 2.45) is 0 Å². The zero-order valence-electron chi connectivity index (χ0n) is 8.76. The van der Waals surface area contributed by atoms with Crippen LogP contribution in [0.15, 0.2) is 18.6 Å². The molecule has 1 rings (SSSR count). The van der Waals surface area contributed by atoms with Gasteiger partial charge in [-0.15, -0.1) is 0 Å². The van der Waals surface area contributed by atoms with Gasteiger partial charge in [0, 0.05) is 18.6 Å². The minimum Gasteiger partial charge on any atom is -0.291 e. The van der Waals surface area contributed by atoms with Gasteiger partial charge in [-0.3, -0.25) is 9.78 Å². The van der Waals surface area contributed by atoms with Gasteiger partial charge in [0.05, 0.1) is 6.20 Å². The molecule has 1 heterocycles. The zero-order valence-corrected chi connectivity index (χ0v) is 9.58. The van der Waals surface area contributed by atoms with E-state index in [1.165, 1.54) is 32.4 Å². The van der Waals surface area contributed by atoms with E-state index >= 15 is 0 Å². The summed E-state index contributed by atoms with van der Waals surface area (Å²) < 4.78 is 21.3. The lowest BCUT2D eigenvalue weighted by Gasteiger charge is -2.19. The van der Waals surface area contributed by atoms with E-state index in [9.17, 15) is 13.2 Å². The molecule has 5 nitrogen and oxygen atoms in total. The number of ketones is 1. The maximum Gasteiger partial charge on any atom is 0.203 e. The molecule has 0 spiro atoms. The fraction of sp³-hybridized carbons (Fsp3) is 0.444. The van der Waals surface area contributed by atoms with E-state index in [2.05, 4.69) is 9.97 Å². The van der Waals surface area contributed by atoms with Crippen molar-refractivity contribution < 1.29 is 13.2 Å². The Balaban J connectivity index is 3.17. The third kappa shape index (κ3) is 2.20. The number of hydrogen-bond acceptors (Lipinski definition) is 5. The minimum atomic E-state index is -3.47. The topological polar surface area (TPSA) is 77.0 Å². The lowest BCUT2D eigenvalue weighted by Crippen LogP contribution is -2.40. The highest BCUT2D eigenvalue weighted by Crippen LogP contribution is 2.19. The third-order valence-electron chi connectivity index (χ3n) is 2.27. The Labute approximate surface area is 88.5 Å². The summed E-state index contributed by atoms with van der Waals surface area (Å²) in [6, 6.07) is 0. The zero-order chi connectivity index (χ0) is 11.7. The van der Waals surface area contributed by atoms with E-state index in [1.807, 2.05) is 0 Å². The second-order valence-electron chi connectivity index (χ2n) is 3.70. The van der Waals surface area contributed by atoms with Gasteiger partial charge in [-0.2, -0.15) is 0 Å². The van der Waals surface area contributed by atoms with Gasteiger partial charge in [-0.1, -0.05) is 0 Å². The maximum absolute atomic E-state index is 11.8. The van der Waals surface area contributed by atoms with E-state index in [0.29, 0.717) is 0 Å². The van der Waals surface area contributed by atoms with Crippen molar-refractivity contribution >= 4 is 15.6 Å². The molecule has 1 aromatic rings. The summed E-state index contributed by atoms with van der Waals surface area (Å²) in [7, 11) is -3.47. The Hall–Kier alpha value is -1.30. The molecule has 82 valence electrons. The van der Waals surface area contributed by atoms with Crippen LogP contribution < -0.4 is 0 Å². The van der Waals surface area contributed by atoms with E-state index in [1.54, 1.807) is 0 Å². The van der Waals surface area contributed by atoms with Crippen molar-refractivity contribution in [3.8, 4) is 0 Å². The highest BCUT2D eigenvalue weighted by Gasteiger charge is 2.39. The van der Waals surface area contributed by atoms with Gasteiger partial charge in [-0.25, -0.2) is 13.4 Å². The molecule has 0 amide bonds. The van der Waals surface area contributed by atoms with Crippen molar-refractivity contribution in [2.75, 3.05) is 6.26 Å². The Bertz CT molecular complexity index is 465. The minimum absolute atomic E-state index is 0.0629. The van der Waals surface area contributed by atoms with Crippen LogP contribution in [0.4, 0.5) is 0 Å². The Morgan fingerprint density at radius 3 is 2.33 bits per heavy atom. The molecule has 0 bridgehead atoms. The molecule has 15 heavy (non-hydrogen) atoms. The average Bonchev–Trinajstić information content (AvgIpc) is 2.16. The molecule has 6 heteroatoms. The highest BCUT2D eigenvalue weighted by atomic mass is 32.2. The molecule has 0 saturated carbocycles.